The Morgan fingerprint density at radius 1 is 1.05 bits per heavy atom. The van der Waals surface area contributed by atoms with Crippen molar-refractivity contribution in [2.45, 2.75) is 70.1 Å². The van der Waals surface area contributed by atoms with Crippen LogP contribution in [0.5, 0.6) is 0 Å². The van der Waals surface area contributed by atoms with Crippen molar-refractivity contribution in [2.24, 2.45) is 11.8 Å². The molecular weight excluding hydrogens is 253 g/mol. The third-order valence-electron chi connectivity index (χ3n) is 4.64. The first kappa shape index (κ1) is 14.9. The summed E-state index contributed by atoms with van der Waals surface area (Å²) in [4.78, 5) is 0. The summed E-state index contributed by atoms with van der Waals surface area (Å²) in [7, 11) is 0. The van der Waals surface area contributed by atoms with Gasteiger partial charge in [-0.1, -0.05) is 12.5 Å². The number of hydrogen-bond donors (Lipinski definition) is 1. The van der Waals surface area contributed by atoms with Crippen LogP contribution in [-0.2, 0) is 0 Å². The molecule has 1 nitrogen and oxygen atoms in total. The van der Waals surface area contributed by atoms with E-state index in [1.54, 1.807) is 0 Å². The van der Waals surface area contributed by atoms with Crippen molar-refractivity contribution >= 4 is 0 Å². The predicted molar refractivity (Wildman–Crippen MR) is 68.7 cm³/mol. The van der Waals surface area contributed by atoms with Gasteiger partial charge in [-0.05, 0) is 62.9 Å². The molecule has 19 heavy (non-hydrogen) atoms. The molecule has 2 aliphatic carbocycles. The van der Waals surface area contributed by atoms with Gasteiger partial charge in [0.15, 0.2) is 0 Å². The summed E-state index contributed by atoms with van der Waals surface area (Å²) in [5.74, 6) is -1.12. The van der Waals surface area contributed by atoms with Crippen molar-refractivity contribution in [3.8, 4) is 0 Å². The number of aliphatic hydroxyl groups excluding tert-OH is 1. The van der Waals surface area contributed by atoms with Gasteiger partial charge >= 0.3 is 6.18 Å². The Morgan fingerprint density at radius 3 is 2.37 bits per heavy atom. The number of aliphatic hydroxyl groups is 1. The highest BCUT2D eigenvalue weighted by molar-refractivity contribution is 5.11. The lowest BCUT2D eigenvalue weighted by atomic mass is 9.77. The van der Waals surface area contributed by atoms with Crippen LogP contribution in [0.25, 0.3) is 0 Å². The molecule has 0 radical (unpaired) electrons. The van der Waals surface area contributed by atoms with E-state index in [4.69, 9.17) is 0 Å². The maximum absolute atomic E-state index is 12.6. The highest BCUT2D eigenvalue weighted by atomic mass is 19.4. The van der Waals surface area contributed by atoms with Gasteiger partial charge in [-0.3, -0.25) is 0 Å². The molecule has 0 aromatic heterocycles. The Balaban J connectivity index is 1.88. The lowest BCUT2D eigenvalue weighted by Crippen LogP contribution is -2.32. The van der Waals surface area contributed by atoms with Crippen LogP contribution in [0.1, 0.15) is 57.8 Å². The van der Waals surface area contributed by atoms with Crippen LogP contribution in [0, 0.1) is 11.8 Å². The average Bonchev–Trinajstić information content (AvgIpc) is 2.66. The lowest BCUT2D eigenvalue weighted by Gasteiger charge is -2.33. The molecule has 1 N–H and O–H groups in total. The number of rotatable bonds is 2. The van der Waals surface area contributed by atoms with Gasteiger partial charge in [0.05, 0.1) is 12.0 Å². The van der Waals surface area contributed by atoms with E-state index in [9.17, 15) is 18.3 Å². The lowest BCUT2D eigenvalue weighted by molar-refractivity contribution is -0.185. The second-order valence-corrected chi connectivity index (χ2v) is 5.98. The van der Waals surface area contributed by atoms with E-state index in [1.807, 2.05) is 0 Å². The summed E-state index contributed by atoms with van der Waals surface area (Å²) in [6, 6.07) is 0. The Bertz CT molecular complexity index is 314. The molecule has 4 heteroatoms. The van der Waals surface area contributed by atoms with E-state index in [2.05, 4.69) is 6.08 Å². The van der Waals surface area contributed by atoms with Crippen molar-refractivity contribution in [3.63, 3.8) is 0 Å². The maximum atomic E-state index is 12.6. The fourth-order valence-electron chi connectivity index (χ4n) is 3.37. The minimum atomic E-state index is -4.06. The molecule has 0 aromatic rings. The zero-order valence-electron chi connectivity index (χ0n) is 11.3. The van der Waals surface area contributed by atoms with Crippen LogP contribution in [0.3, 0.4) is 0 Å². The Hall–Kier alpha value is -0.510. The molecular formula is C15H23F3O. The Labute approximate surface area is 112 Å². The van der Waals surface area contributed by atoms with Crippen LogP contribution in [-0.4, -0.2) is 17.4 Å². The first-order valence-corrected chi connectivity index (χ1v) is 7.42. The quantitative estimate of drug-likeness (QED) is 0.730. The smallest absolute Gasteiger partial charge is 0.388 e. The molecule has 0 aliphatic heterocycles. The second-order valence-electron chi connectivity index (χ2n) is 5.98. The Morgan fingerprint density at radius 2 is 1.74 bits per heavy atom. The van der Waals surface area contributed by atoms with Gasteiger partial charge < -0.3 is 5.11 Å². The Kier molecular flexibility index (Phi) is 4.93. The third-order valence-corrected chi connectivity index (χ3v) is 4.64. The number of allylic oxidation sites excluding steroid dienone is 1. The zero-order chi connectivity index (χ0) is 13.9. The highest BCUT2D eigenvalue weighted by Gasteiger charge is 2.42. The van der Waals surface area contributed by atoms with Gasteiger partial charge in [-0.25, -0.2) is 0 Å². The normalized spacial score (nSPS) is 31.5. The molecule has 1 saturated carbocycles. The molecule has 0 bridgehead atoms. The van der Waals surface area contributed by atoms with Crippen LogP contribution in [0.4, 0.5) is 13.2 Å². The average molecular weight is 276 g/mol. The molecule has 1 atom stereocenters. The fourth-order valence-corrected chi connectivity index (χ4v) is 3.37. The van der Waals surface area contributed by atoms with Gasteiger partial charge in [-0.15, -0.1) is 0 Å². The van der Waals surface area contributed by atoms with Gasteiger partial charge in [0.2, 0.25) is 0 Å². The van der Waals surface area contributed by atoms with Gasteiger partial charge in [0, 0.05) is 0 Å². The first-order valence-electron chi connectivity index (χ1n) is 7.42. The monoisotopic (exact) mass is 276 g/mol. The fraction of sp³-hybridized carbons (Fsp3) is 0.867. The standard InChI is InChI=1S/C15H23F3O/c16-15(17,18)13-9-7-12(8-10-13)14(19)11-5-3-1-2-4-6-11/h5,12-14,19H,1-4,6-10H2. The van der Waals surface area contributed by atoms with Crippen molar-refractivity contribution in [3.05, 3.63) is 11.6 Å². The molecule has 0 heterocycles. The number of alkyl halides is 3. The van der Waals surface area contributed by atoms with Crippen molar-refractivity contribution in [2.75, 3.05) is 0 Å². The van der Waals surface area contributed by atoms with E-state index >= 15 is 0 Å². The van der Waals surface area contributed by atoms with E-state index in [0.29, 0.717) is 12.8 Å². The molecule has 1 fully saturated rings. The van der Waals surface area contributed by atoms with E-state index in [-0.39, 0.29) is 18.8 Å². The summed E-state index contributed by atoms with van der Waals surface area (Å²) in [5.41, 5.74) is 1.08. The van der Waals surface area contributed by atoms with Gasteiger partial charge in [0.25, 0.3) is 0 Å². The van der Waals surface area contributed by atoms with E-state index in [0.717, 1.165) is 31.3 Å². The second kappa shape index (κ2) is 6.29. The zero-order valence-corrected chi connectivity index (χ0v) is 11.3. The van der Waals surface area contributed by atoms with Gasteiger partial charge in [-0.2, -0.15) is 13.2 Å². The number of hydrogen-bond acceptors (Lipinski definition) is 1. The van der Waals surface area contributed by atoms with Crippen LogP contribution >= 0.6 is 0 Å². The maximum Gasteiger partial charge on any atom is 0.391 e. The molecule has 0 amide bonds. The molecule has 1 unspecified atom stereocenters. The van der Waals surface area contributed by atoms with E-state index in [1.165, 1.54) is 6.42 Å². The van der Waals surface area contributed by atoms with Crippen LogP contribution < -0.4 is 0 Å². The van der Waals surface area contributed by atoms with Crippen molar-refractivity contribution < 1.29 is 18.3 Å². The molecule has 0 spiro atoms. The molecule has 0 saturated heterocycles. The summed E-state index contributed by atoms with van der Waals surface area (Å²) in [6.45, 7) is 0. The summed E-state index contributed by atoms with van der Waals surface area (Å²) in [5, 5.41) is 10.4. The largest absolute Gasteiger partial charge is 0.391 e. The molecule has 0 aromatic carbocycles. The molecule has 2 rings (SSSR count). The number of halogens is 3. The minimum absolute atomic E-state index is 0.0305. The van der Waals surface area contributed by atoms with Crippen molar-refractivity contribution in [1.82, 2.24) is 0 Å². The van der Waals surface area contributed by atoms with Crippen LogP contribution in [0.15, 0.2) is 11.6 Å². The summed E-state index contributed by atoms with van der Waals surface area (Å²) < 4.78 is 37.8. The first-order chi connectivity index (χ1) is 8.98. The predicted octanol–water partition coefficient (Wildman–Crippen LogP) is 4.61. The molecule has 110 valence electrons. The minimum Gasteiger partial charge on any atom is -0.388 e. The SMILES string of the molecule is OC(C1=CCCCCC1)C1CCC(C(F)(F)F)CC1. The topological polar surface area (TPSA) is 20.2 Å². The van der Waals surface area contributed by atoms with Gasteiger partial charge in [0.1, 0.15) is 0 Å². The van der Waals surface area contributed by atoms with Crippen molar-refractivity contribution in [1.29, 1.82) is 0 Å². The third kappa shape index (κ3) is 3.98. The molecule has 2 aliphatic rings. The summed E-state index contributed by atoms with van der Waals surface area (Å²) in [6.07, 6.45) is 4.29. The summed E-state index contributed by atoms with van der Waals surface area (Å²) >= 11 is 0. The highest BCUT2D eigenvalue weighted by Crippen LogP contribution is 2.41. The van der Waals surface area contributed by atoms with Crippen LogP contribution in [0.2, 0.25) is 0 Å². The van der Waals surface area contributed by atoms with E-state index < -0.39 is 18.2 Å².